The van der Waals surface area contributed by atoms with Crippen molar-refractivity contribution in [3.63, 3.8) is 0 Å². The van der Waals surface area contributed by atoms with Gasteiger partial charge < -0.3 is 13.7 Å². The molecule has 0 amide bonds. The number of para-hydroxylation sites is 1. The second kappa shape index (κ2) is 8.93. The molecule has 5 nitrogen and oxygen atoms in total. The highest BCUT2D eigenvalue weighted by molar-refractivity contribution is 6.93. The van der Waals surface area contributed by atoms with Gasteiger partial charge in [0.15, 0.2) is 11.2 Å². The van der Waals surface area contributed by atoms with Crippen molar-refractivity contribution in [2.45, 2.75) is 50.4 Å². The quantitative estimate of drug-likeness (QED) is 0.246. The van der Waals surface area contributed by atoms with E-state index in [1.54, 1.807) is 5.19 Å². The summed E-state index contributed by atoms with van der Waals surface area (Å²) in [5.41, 5.74) is 8.64. The molecule has 2 aromatic carbocycles. The molecule has 0 fully saturated rings. The molecule has 2 aromatic heterocycles. The molecular formula is C34H31N3O2Si. The molecule has 2 unspecified atom stereocenters. The average molecular weight is 542 g/mol. The van der Waals surface area contributed by atoms with Crippen molar-refractivity contribution in [2.75, 3.05) is 4.90 Å². The smallest absolute Gasteiger partial charge is 0.223 e. The molecule has 0 spiro atoms. The first-order valence-electron chi connectivity index (χ1n) is 14.3. The Balaban J connectivity index is 1.13. The first-order valence-corrected chi connectivity index (χ1v) is 17.3. The third-order valence-corrected chi connectivity index (χ3v) is 13.0. The van der Waals surface area contributed by atoms with Crippen LogP contribution in [0.1, 0.15) is 37.5 Å². The first-order chi connectivity index (χ1) is 19.6. The maximum absolute atomic E-state index is 6.28. The van der Waals surface area contributed by atoms with Crippen LogP contribution < -0.4 is 10.1 Å². The largest absolute Gasteiger partial charge is 0.436 e. The molecule has 0 radical (unpaired) electrons. The molecule has 198 valence electrons. The van der Waals surface area contributed by atoms with Crippen LogP contribution in [-0.4, -0.2) is 24.1 Å². The van der Waals surface area contributed by atoms with Gasteiger partial charge in [0.05, 0.1) is 14.1 Å². The van der Waals surface area contributed by atoms with Crippen LogP contribution in [-0.2, 0) is 0 Å². The Morgan fingerprint density at radius 3 is 2.23 bits per heavy atom. The van der Waals surface area contributed by atoms with Crippen LogP contribution in [0.3, 0.4) is 0 Å². The zero-order chi connectivity index (χ0) is 26.8. The fourth-order valence-electron chi connectivity index (χ4n) is 6.83. The molecular weight excluding hydrogens is 510 g/mol. The Hall–Kier alpha value is -4.16. The van der Waals surface area contributed by atoms with Crippen molar-refractivity contribution in [2.24, 2.45) is 0 Å². The normalized spacial score (nSPS) is 23.1. The second-order valence-electron chi connectivity index (χ2n) is 11.7. The summed E-state index contributed by atoms with van der Waals surface area (Å²) in [6.45, 7) is 5.03. The molecule has 2 atom stereocenters. The van der Waals surface area contributed by atoms with E-state index in [1.165, 1.54) is 11.4 Å². The van der Waals surface area contributed by atoms with E-state index < -0.39 is 8.07 Å². The predicted molar refractivity (Wildman–Crippen MR) is 165 cm³/mol. The van der Waals surface area contributed by atoms with Crippen LogP contribution in [0.4, 0.5) is 5.69 Å². The molecule has 1 aliphatic heterocycles. The Morgan fingerprint density at radius 2 is 1.52 bits per heavy atom. The van der Waals surface area contributed by atoms with Gasteiger partial charge in [0.25, 0.3) is 0 Å². The molecule has 0 saturated heterocycles. The van der Waals surface area contributed by atoms with Crippen molar-refractivity contribution >= 4 is 52.3 Å². The number of hydrogen-bond acceptors (Lipinski definition) is 5. The standard InChI is InChI=1S/C34H31N3O2Si/c1-40(2)31-14-8-6-12-27(31)37(28-13-7-9-15-32(28)40)24-18-16-23(17-19-24)34-36-26-21-29-25(20-30(26)39-34)35-33(38-29)22-10-4-3-5-11-22/h3-4,6-10,12-16,18,20-21,27,31H,5,11,17,19H2,1-2H3. The van der Waals surface area contributed by atoms with Crippen LogP contribution in [0.2, 0.25) is 18.6 Å². The van der Waals surface area contributed by atoms with Gasteiger partial charge in [0.2, 0.25) is 11.8 Å². The number of anilines is 1. The van der Waals surface area contributed by atoms with Crippen molar-refractivity contribution < 1.29 is 8.83 Å². The van der Waals surface area contributed by atoms with E-state index in [4.69, 9.17) is 18.8 Å². The Labute approximate surface area is 234 Å². The molecule has 40 heavy (non-hydrogen) atoms. The SMILES string of the molecule is C[Si]1(C)c2ccccc2N(C2=CC=C(c3nc4cc5oc(C6=CC=CCC6)nc5cc4o3)CC2)C2C=CC=CC21. The Morgan fingerprint density at radius 1 is 0.800 bits per heavy atom. The minimum absolute atomic E-state index is 0.361. The first kappa shape index (κ1) is 23.7. The molecule has 3 aliphatic carbocycles. The lowest BCUT2D eigenvalue weighted by Gasteiger charge is -2.50. The number of nitrogens with zero attached hydrogens (tertiary/aromatic N) is 3. The lowest BCUT2D eigenvalue weighted by Crippen LogP contribution is -2.60. The zero-order valence-corrected chi connectivity index (χ0v) is 23.8. The number of fused-ring (bicyclic) bond motifs is 4. The lowest BCUT2D eigenvalue weighted by atomic mass is 9.97. The minimum atomic E-state index is -1.66. The van der Waals surface area contributed by atoms with Crippen LogP contribution >= 0.6 is 0 Å². The van der Waals surface area contributed by atoms with Crippen LogP contribution in [0.15, 0.2) is 106 Å². The number of allylic oxidation sites excluding steroid dienone is 10. The van der Waals surface area contributed by atoms with E-state index in [0.717, 1.165) is 59.0 Å². The van der Waals surface area contributed by atoms with Crippen molar-refractivity contribution in [3.05, 3.63) is 109 Å². The van der Waals surface area contributed by atoms with E-state index in [0.29, 0.717) is 23.4 Å². The van der Waals surface area contributed by atoms with Gasteiger partial charge in [-0.25, -0.2) is 9.97 Å². The molecule has 0 saturated carbocycles. The van der Waals surface area contributed by atoms with E-state index >= 15 is 0 Å². The highest BCUT2D eigenvalue weighted by Gasteiger charge is 2.46. The molecule has 4 aromatic rings. The van der Waals surface area contributed by atoms with Crippen LogP contribution in [0.25, 0.3) is 33.3 Å². The van der Waals surface area contributed by atoms with Crippen molar-refractivity contribution in [1.29, 1.82) is 0 Å². The highest BCUT2D eigenvalue weighted by atomic mass is 28.3. The lowest BCUT2D eigenvalue weighted by molar-refractivity contribution is 0.578. The number of oxazole rings is 2. The van der Waals surface area contributed by atoms with Gasteiger partial charge in [-0.1, -0.05) is 79.9 Å². The topological polar surface area (TPSA) is 55.3 Å². The van der Waals surface area contributed by atoms with Gasteiger partial charge in [0, 0.05) is 40.2 Å². The number of benzene rings is 2. The average Bonchev–Trinajstić information content (AvgIpc) is 3.60. The summed E-state index contributed by atoms with van der Waals surface area (Å²) in [6, 6.07) is 13.3. The van der Waals surface area contributed by atoms with Gasteiger partial charge in [-0.15, -0.1) is 0 Å². The summed E-state index contributed by atoms with van der Waals surface area (Å²) < 4.78 is 12.4. The summed E-state index contributed by atoms with van der Waals surface area (Å²) in [5, 5.41) is 1.54. The van der Waals surface area contributed by atoms with E-state index in [-0.39, 0.29) is 0 Å². The fourth-order valence-corrected chi connectivity index (χ4v) is 10.3. The molecule has 0 bridgehead atoms. The minimum Gasteiger partial charge on any atom is -0.436 e. The maximum Gasteiger partial charge on any atom is 0.223 e. The highest BCUT2D eigenvalue weighted by Crippen LogP contribution is 2.44. The third-order valence-electron chi connectivity index (χ3n) is 8.99. The summed E-state index contributed by atoms with van der Waals surface area (Å²) in [4.78, 5) is 12.2. The second-order valence-corrected chi connectivity index (χ2v) is 16.4. The van der Waals surface area contributed by atoms with Crippen LogP contribution in [0.5, 0.6) is 0 Å². The molecule has 6 heteroatoms. The zero-order valence-electron chi connectivity index (χ0n) is 22.8. The third kappa shape index (κ3) is 3.66. The van der Waals surface area contributed by atoms with Crippen LogP contribution in [0, 0.1) is 0 Å². The maximum atomic E-state index is 6.28. The van der Waals surface area contributed by atoms with Gasteiger partial charge in [-0.2, -0.15) is 0 Å². The van der Waals surface area contributed by atoms with Gasteiger partial charge in [-0.3, -0.25) is 0 Å². The molecule has 3 heterocycles. The van der Waals surface area contributed by atoms with E-state index in [2.05, 4.69) is 96.9 Å². The summed E-state index contributed by atoms with van der Waals surface area (Å²) >= 11 is 0. The van der Waals surface area contributed by atoms with Gasteiger partial charge >= 0.3 is 0 Å². The molecule has 0 N–H and O–H groups in total. The Bertz CT molecular complexity index is 1810. The molecule has 8 rings (SSSR count). The monoisotopic (exact) mass is 541 g/mol. The summed E-state index contributed by atoms with van der Waals surface area (Å²) in [7, 11) is -1.66. The van der Waals surface area contributed by atoms with E-state index in [9.17, 15) is 0 Å². The van der Waals surface area contributed by atoms with Gasteiger partial charge in [-0.05, 0) is 43.0 Å². The van der Waals surface area contributed by atoms with Crippen molar-refractivity contribution in [3.8, 4) is 0 Å². The van der Waals surface area contributed by atoms with Crippen molar-refractivity contribution in [1.82, 2.24) is 9.97 Å². The fraction of sp³-hybridized carbons (Fsp3) is 0.235. The summed E-state index contributed by atoms with van der Waals surface area (Å²) in [5.74, 6) is 1.38. The molecule has 4 aliphatic rings. The number of aromatic nitrogens is 2. The predicted octanol–water partition coefficient (Wildman–Crippen LogP) is 8.06. The number of rotatable bonds is 3. The number of hydrogen-bond donors (Lipinski definition) is 0. The Kier molecular flexibility index (Phi) is 5.29. The summed E-state index contributed by atoms with van der Waals surface area (Å²) in [6.07, 6.45) is 23.9. The van der Waals surface area contributed by atoms with Gasteiger partial charge in [0.1, 0.15) is 11.0 Å². The van der Waals surface area contributed by atoms with E-state index in [1.807, 2.05) is 12.1 Å².